The maximum Gasteiger partial charge on any atom is 0.387 e. The summed E-state index contributed by atoms with van der Waals surface area (Å²) in [6.07, 6.45) is 4.54. The lowest BCUT2D eigenvalue weighted by Gasteiger charge is -2.36. The molecule has 1 saturated carbocycles. The number of halogens is 2. The number of nitrogens with one attached hydrogen (secondary N) is 1. The number of carboxylic acids is 1. The van der Waals surface area contributed by atoms with Crippen LogP contribution in [0.25, 0.3) is 0 Å². The van der Waals surface area contributed by atoms with Crippen LogP contribution in [0.2, 0.25) is 0 Å². The lowest BCUT2D eigenvalue weighted by molar-refractivity contribution is -0.154. The second-order valence-electron chi connectivity index (χ2n) is 11.5. The van der Waals surface area contributed by atoms with Crippen LogP contribution >= 0.6 is 0 Å². The number of carboxylic acid groups (broad SMARTS) is 1. The van der Waals surface area contributed by atoms with Gasteiger partial charge in [-0.3, -0.25) is 4.79 Å². The van der Waals surface area contributed by atoms with E-state index < -0.39 is 42.0 Å². The van der Waals surface area contributed by atoms with Crippen molar-refractivity contribution >= 4 is 11.9 Å². The smallest absolute Gasteiger partial charge is 0.387 e. The molecule has 1 heterocycles. The van der Waals surface area contributed by atoms with E-state index in [1.54, 1.807) is 23.1 Å². The molecule has 1 aliphatic carbocycles. The zero-order valence-electron chi connectivity index (χ0n) is 22.3. The molecule has 1 aliphatic heterocycles. The molecule has 38 heavy (non-hydrogen) atoms. The summed E-state index contributed by atoms with van der Waals surface area (Å²) in [5.74, 6) is -1.70. The molecule has 206 valence electrons. The summed E-state index contributed by atoms with van der Waals surface area (Å²) in [7, 11) is 0. The summed E-state index contributed by atoms with van der Waals surface area (Å²) >= 11 is 0. The average Bonchev–Trinajstić information content (AvgIpc) is 3.24. The molecule has 1 amide bonds. The van der Waals surface area contributed by atoms with Gasteiger partial charge in [0.1, 0.15) is 11.8 Å². The van der Waals surface area contributed by atoms with Crippen LogP contribution in [0.15, 0.2) is 54.6 Å². The molecule has 1 saturated heterocycles. The van der Waals surface area contributed by atoms with Gasteiger partial charge in [0.15, 0.2) is 0 Å². The van der Waals surface area contributed by atoms with Crippen molar-refractivity contribution in [2.24, 2.45) is 17.3 Å². The third-order valence-electron chi connectivity index (χ3n) is 7.99. The summed E-state index contributed by atoms with van der Waals surface area (Å²) < 4.78 is 30.8. The minimum atomic E-state index is -2.96. The maximum absolute atomic E-state index is 14.1. The van der Waals surface area contributed by atoms with Gasteiger partial charge in [-0.05, 0) is 29.9 Å². The first kappa shape index (κ1) is 28.0. The Morgan fingerprint density at radius 1 is 1.03 bits per heavy atom. The molecule has 6 nitrogen and oxygen atoms in total. The van der Waals surface area contributed by atoms with Crippen LogP contribution in [-0.2, 0) is 16.1 Å². The van der Waals surface area contributed by atoms with E-state index in [-0.39, 0.29) is 24.1 Å². The van der Waals surface area contributed by atoms with Crippen LogP contribution in [0.5, 0.6) is 5.75 Å². The van der Waals surface area contributed by atoms with Gasteiger partial charge in [-0.15, -0.1) is 0 Å². The number of alkyl halides is 2. The van der Waals surface area contributed by atoms with Crippen LogP contribution in [0, 0.1) is 17.3 Å². The van der Waals surface area contributed by atoms with E-state index in [0.717, 1.165) is 37.7 Å². The number of nitrogens with zero attached hydrogens (tertiary/aromatic N) is 1. The molecule has 2 N–H and O–H groups in total. The fourth-order valence-corrected chi connectivity index (χ4v) is 6.38. The molecular weight excluding hydrogens is 490 g/mol. The summed E-state index contributed by atoms with van der Waals surface area (Å²) in [6.45, 7) is 3.20. The van der Waals surface area contributed by atoms with Crippen LogP contribution in [-0.4, -0.2) is 40.6 Å². The monoisotopic (exact) mass is 528 g/mol. The topological polar surface area (TPSA) is 78.9 Å². The van der Waals surface area contributed by atoms with Crippen LogP contribution in [0.4, 0.5) is 8.78 Å². The maximum atomic E-state index is 14.1. The predicted octanol–water partition coefficient (Wildman–Crippen LogP) is 6.03. The van der Waals surface area contributed by atoms with E-state index in [1.165, 1.54) is 6.07 Å². The zero-order valence-corrected chi connectivity index (χ0v) is 22.3. The van der Waals surface area contributed by atoms with Crippen LogP contribution in [0.1, 0.15) is 70.0 Å². The summed E-state index contributed by atoms with van der Waals surface area (Å²) in [5, 5.41) is 14.1. The van der Waals surface area contributed by atoms with Crippen molar-refractivity contribution in [2.45, 2.75) is 84.2 Å². The predicted molar refractivity (Wildman–Crippen MR) is 141 cm³/mol. The standard InChI is InChI=1S/C30H38F2N2O4/c1-30(2,3)23-24(33-18-21-16-10-11-17-22(21)38-29(31)32)25(19-12-6-4-7-13-19)34(26(23)28(36)37)27(35)20-14-8-5-9-15-20/h4,6-7,10-13,16-17,20,23-26,29,33H,5,8-9,14-15,18H2,1-3H3,(H,36,37)/t23-,24-,25-,26-/m1/s1. The van der Waals surface area contributed by atoms with E-state index in [9.17, 15) is 23.5 Å². The molecule has 0 bridgehead atoms. The highest BCUT2D eigenvalue weighted by Crippen LogP contribution is 2.49. The molecule has 2 aromatic rings. The number of ether oxygens (including phenoxy) is 1. The lowest BCUT2D eigenvalue weighted by atomic mass is 9.72. The Hall–Kier alpha value is -3.00. The van der Waals surface area contributed by atoms with Gasteiger partial charge >= 0.3 is 12.6 Å². The van der Waals surface area contributed by atoms with Gasteiger partial charge in [0.25, 0.3) is 0 Å². The number of hydrogen-bond acceptors (Lipinski definition) is 4. The van der Waals surface area contributed by atoms with Gasteiger partial charge in [0.05, 0.1) is 6.04 Å². The van der Waals surface area contributed by atoms with Crippen molar-refractivity contribution in [3.63, 3.8) is 0 Å². The number of hydrogen-bond donors (Lipinski definition) is 2. The third-order valence-corrected chi connectivity index (χ3v) is 7.99. The zero-order chi connectivity index (χ0) is 27.4. The van der Waals surface area contributed by atoms with Crippen molar-refractivity contribution in [2.75, 3.05) is 0 Å². The van der Waals surface area contributed by atoms with Gasteiger partial charge in [-0.25, -0.2) is 4.79 Å². The van der Waals surface area contributed by atoms with Crippen molar-refractivity contribution < 1.29 is 28.2 Å². The minimum absolute atomic E-state index is 0.0708. The van der Waals surface area contributed by atoms with Crippen molar-refractivity contribution in [1.82, 2.24) is 10.2 Å². The highest BCUT2D eigenvalue weighted by atomic mass is 19.3. The molecule has 0 unspecified atom stereocenters. The third kappa shape index (κ3) is 6.01. The Morgan fingerprint density at radius 3 is 2.26 bits per heavy atom. The Kier molecular flexibility index (Phi) is 8.71. The van der Waals surface area contributed by atoms with E-state index >= 15 is 0 Å². The molecule has 2 aromatic carbocycles. The van der Waals surface area contributed by atoms with E-state index in [2.05, 4.69) is 5.32 Å². The first-order valence-electron chi connectivity index (χ1n) is 13.5. The molecule has 4 atom stereocenters. The highest BCUT2D eigenvalue weighted by Gasteiger charge is 2.58. The Labute approximate surface area is 223 Å². The van der Waals surface area contributed by atoms with E-state index in [0.29, 0.717) is 5.56 Å². The number of para-hydroxylation sites is 1. The first-order valence-corrected chi connectivity index (χ1v) is 13.5. The van der Waals surface area contributed by atoms with E-state index in [4.69, 9.17) is 4.74 Å². The Bertz CT molecular complexity index is 1100. The number of benzene rings is 2. The van der Waals surface area contributed by atoms with Gasteiger partial charge in [-0.2, -0.15) is 8.78 Å². The molecule has 0 radical (unpaired) electrons. The van der Waals surface area contributed by atoms with Crippen LogP contribution < -0.4 is 10.1 Å². The summed E-state index contributed by atoms with van der Waals surface area (Å²) in [5.41, 5.74) is 0.911. The first-order chi connectivity index (χ1) is 18.1. The second kappa shape index (κ2) is 11.8. The summed E-state index contributed by atoms with van der Waals surface area (Å²) in [6, 6.07) is 14.1. The molecule has 4 rings (SSSR count). The Balaban J connectivity index is 1.78. The van der Waals surface area contributed by atoms with E-state index in [1.807, 2.05) is 51.1 Å². The van der Waals surface area contributed by atoms with Gasteiger partial charge in [-0.1, -0.05) is 88.6 Å². The number of amides is 1. The average molecular weight is 529 g/mol. The molecule has 2 aliphatic rings. The number of rotatable bonds is 8. The number of aliphatic carboxylic acids is 1. The van der Waals surface area contributed by atoms with Crippen molar-refractivity contribution in [3.05, 3.63) is 65.7 Å². The number of carbonyl (C=O) groups is 2. The minimum Gasteiger partial charge on any atom is -0.480 e. The van der Waals surface area contributed by atoms with Crippen molar-refractivity contribution in [1.29, 1.82) is 0 Å². The number of likely N-dealkylation sites (tertiary alicyclic amines) is 1. The largest absolute Gasteiger partial charge is 0.480 e. The SMILES string of the molecule is CC(C)(C)[C@@H]1[C@@H](NCc2ccccc2OC(F)F)[C@@H](c2ccccc2)N(C(=O)C2CCCCC2)[C@H]1C(=O)O. The normalized spacial score (nSPS) is 24.5. The fraction of sp³-hybridized carbons (Fsp3) is 0.533. The molecular formula is C30H38F2N2O4. The molecule has 2 fully saturated rings. The molecule has 8 heteroatoms. The van der Waals surface area contributed by atoms with Gasteiger partial charge in [0.2, 0.25) is 5.91 Å². The lowest BCUT2D eigenvalue weighted by Crippen LogP contribution is -2.49. The molecule has 0 spiro atoms. The Morgan fingerprint density at radius 2 is 1.66 bits per heavy atom. The van der Waals surface area contributed by atoms with Crippen molar-refractivity contribution in [3.8, 4) is 5.75 Å². The van der Waals surface area contributed by atoms with Gasteiger partial charge in [0, 0.05) is 30.0 Å². The molecule has 0 aromatic heterocycles. The van der Waals surface area contributed by atoms with Gasteiger partial charge < -0.3 is 20.1 Å². The highest BCUT2D eigenvalue weighted by molar-refractivity contribution is 5.87. The number of carbonyl (C=O) groups excluding carboxylic acids is 1. The second-order valence-corrected chi connectivity index (χ2v) is 11.5. The fourth-order valence-electron chi connectivity index (χ4n) is 6.38. The quantitative estimate of drug-likeness (QED) is 0.438. The summed E-state index contributed by atoms with van der Waals surface area (Å²) in [4.78, 5) is 28.6. The van der Waals surface area contributed by atoms with Crippen LogP contribution in [0.3, 0.4) is 0 Å².